The van der Waals surface area contributed by atoms with E-state index in [0.717, 1.165) is 12.5 Å². The number of benzene rings is 1. The molecule has 0 bridgehead atoms. The Labute approximate surface area is 159 Å². The van der Waals surface area contributed by atoms with Crippen molar-refractivity contribution < 1.29 is 37.1 Å². The highest BCUT2D eigenvalue weighted by atomic mass is 32.2. The van der Waals surface area contributed by atoms with Crippen LogP contribution in [0.5, 0.6) is 0 Å². The summed E-state index contributed by atoms with van der Waals surface area (Å²) in [5.41, 5.74) is 1.20. The van der Waals surface area contributed by atoms with Gasteiger partial charge in [0, 0.05) is 6.54 Å². The molecule has 9 nitrogen and oxygen atoms in total. The lowest BCUT2D eigenvalue weighted by Gasteiger charge is -2.41. The molecule has 1 rings (SSSR count). The van der Waals surface area contributed by atoms with E-state index in [-0.39, 0.29) is 9.20 Å². The monoisotopic (exact) mass is 443 g/mol. The van der Waals surface area contributed by atoms with Crippen molar-refractivity contribution in [3.63, 3.8) is 0 Å². The van der Waals surface area contributed by atoms with Crippen molar-refractivity contribution in [2.24, 2.45) is 0 Å². The van der Waals surface area contributed by atoms with Gasteiger partial charge in [0.15, 0.2) is 0 Å². The van der Waals surface area contributed by atoms with E-state index in [1.807, 2.05) is 6.92 Å². The fourth-order valence-corrected chi connectivity index (χ4v) is 9.63. The molecule has 1 aromatic carbocycles. The number of rotatable bonds is 9. The minimum Gasteiger partial charge on any atom is -0.323 e. The molecule has 0 spiro atoms. The molecule has 0 amide bonds. The summed E-state index contributed by atoms with van der Waals surface area (Å²) in [4.78, 5) is 39.1. The van der Waals surface area contributed by atoms with Crippen molar-refractivity contribution in [3.8, 4) is 0 Å². The van der Waals surface area contributed by atoms with Gasteiger partial charge in [0.25, 0.3) is 0 Å². The lowest BCUT2D eigenvalue weighted by molar-refractivity contribution is 0.228. The molecule has 0 fully saturated rings. The van der Waals surface area contributed by atoms with E-state index in [2.05, 4.69) is 0 Å². The lowest BCUT2D eigenvalue weighted by Crippen LogP contribution is -2.51. The summed E-state index contributed by atoms with van der Waals surface area (Å²) in [7, 11) is -15.8. The molecule has 0 aliphatic rings. The van der Waals surface area contributed by atoms with E-state index >= 15 is 0 Å². The van der Waals surface area contributed by atoms with Gasteiger partial charge in [-0.05, 0) is 36.5 Å². The van der Waals surface area contributed by atoms with Gasteiger partial charge >= 0.3 is 15.2 Å². The SMILES string of the molecule is CCc1cccc(S(=O)(=O)N(CC)C(CC)(P(=O)(O)O)P(=O)(O)O)c1CC. The largest absolute Gasteiger partial charge is 0.359 e. The number of aryl methyl sites for hydroxylation is 1. The predicted molar refractivity (Wildman–Crippen MR) is 102 cm³/mol. The second-order valence-electron chi connectivity index (χ2n) is 5.99. The van der Waals surface area contributed by atoms with Gasteiger partial charge in [-0.15, -0.1) is 0 Å². The molecule has 0 radical (unpaired) electrons. The zero-order valence-electron chi connectivity index (χ0n) is 15.7. The second kappa shape index (κ2) is 8.43. The van der Waals surface area contributed by atoms with Crippen molar-refractivity contribution >= 4 is 25.2 Å². The minimum absolute atomic E-state index is 0.203. The molecule has 12 heteroatoms. The van der Waals surface area contributed by atoms with Crippen LogP contribution < -0.4 is 0 Å². The van der Waals surface area contributed by atoms with Crippen molar-refractivity contribution in [1.29, 1.82) is 0 Å². The maximum atomic E-state index is 13.3. The van der Waals surface area contributed by atoms with Gasteiger partial charge in [0.05, 0.1) is 4.90 Å². The third-order valence-corrected chi connectivity index (χ3v) is 11.5. The van der Waals surface area contributed by atoms with Gasteiger partial charge in [-0.2, -0.15) is 4.31 Å². The van der Waals surface area contributed by atoms with E-state index in [0.29, 0.717) is 18.4 Å². The average molecular weight is 443 g/mol. The molecule has 0 unspecified atom stereocenters. The van der Waals surface area contributed by atoms with Crippen LogP contribution in [0, 0.1) is 0 Å². The standard InChI is InChI=1S/C15H27NO8P2S/c1-5-12-10-9-11-14(13(12)6-2)27(23,24)16(8-4)15(7-3,25(17,18)19)26(20,21)22/h9-11H,5-8H2,1-4H3,(H2,17,18,19)(H2,20,21,22). The number of hydrogen-bond donors (Lipinski definition) is 4. The van der Waals surface area contributed by atoms with Crippen LogP contribution in [0.15, 0.2) is 23.1 Å². The quantitative estimate of drug-likeness (QED) is 0.424. The number of nitrogens with zero attached hydrogens (tertiary/aromatic N) is 1. The summed E-state index contributed by atoms with van der Waals surface area (Å²) < 4.78 is 51.3. The van der Waals surface area contributed by atoms with Crippen LogP contribution in [-0.2, 0) is 32.0 Å². The number of sulfonamides is 1. The molecule has 0 heterocycles. The molecule has 0 aliphatic carbocycles. The summed E-state index contributed by atoms with van der Waals surface area (Å²) >= 11 is 0. The van der Waals surface area contributed by atoms with E-state index in [1.54, 1.807) is 13.0 Å². The van der Waals surface area contributed by atoms with Crippen LogP contribution in [0.2, 0.25) is 0 Å². The zero-order valence-corrected chi connectivity index (χ0v) is 18.3. The molecular formula is C15H27NO8P2S. The maximum Gasteiger partial charge on any atom is 0.359 e. The van der Waals surface area contributed by atoms with E-state index in [9.17, 15) is 37.1 Å². The molecule has 1 aromatic rings. The summed E-state index contributed by atoms with van der Waals surface area (Å²) in [5, 5.41) is -3.17. The molecular weight excluding hydrogens is 416 g/mol. The molecule has 0 aliphatic heterocycles. The van der Waals surface area contributed by atoms with Crippen molar-refractivity contribution in [3.05, 3.63) is 29.3 Å². The predicted octanol–water partition coefficient (Wildman–Crippen LogP) is 2.24. The number of hydrogen-bond acceptors (Lipinski definition) is 4. The van der Waals surface area contributed by atoms with Crippen LogP contribution in [-0.4, -0.2) is 43.9 Å². The molecule has 0 saturated carbocycles. The molecule has 0 atom stereocenters. The first-order valence-corrected chi connectivity index (χ1v) is 13.2. The third kappa shape index (κ3) is 4.09. The van der Waals surface area contributed by atoms with Crippen LogP contribution in [0.3, 0.4) is 0 Å². The first-order chi connectivity index (χ1) is 12.3. The van der Waals surface area contributed by atoms with Crippen LogP contribution in [0.25, 0.3) is 0 Å². The second-order valence-corrected chi connectivity index (χ2v) is 11.8. The molecule has 156 valence electrons. The van der Waals surface area contributed by atoms with Gasteiger partial charge in [-0.3, -0.25) is 9.13 Å². The highest BCUT2D eigenvalue weighted by Crippen LogP contribution is 2.72. The van der Waals surface area contributed by atoms with E-state index in [4.69, 9.17) is 0 Å². The van der Waals surface area contributed by atoms with Gasteiger partial charge in [-0.25, -0.2) is 8.42 Å². The van der Waals surface area contributed by atoms with E-state index in [1.165, 1.54) is 19.1 Å². The normalized spacial score (nSPS) is 14.0. The minimum atomic E-state index is -5.58. The summed E-state index contributed by atoms with van der Waals surface area (Å²) in [5.74, 6) is 0. The van der Waals surface area contributed by atoms with Gasteiger partial charge in [0.2, 0.25) is 15.0 Å². The topological polar surface area (TPSA) is 152 Å². The van der Waals surface area contributed by atoms with Crippen molar-refractivity contribution in [2.45, 2.75) is 56.9 Å². The zero-order chi connectivity index (χ0) is 21.3. The fraction of sp³-hybridized carbons (Fsp3) is 0.600. The first kappa shape index (κ1) is 24.5. The Hall–Kier alpha value is -0.570. The Morgan fingerprint density at radius 1 is 0.963 bits per heavy atom. The maximum absolute atomic E-state index is 13.3. The highest BCUT2D eigenvalue weighted by Gasteiger charge is 2.65. The van der Waals surface area contributed by atoms with Gasteiger partial charge < -0.3 is 19.6 Å². The Bertz CT molecular complexity index is 852. The summed E-state index contributed by atoms with van der Waals surface area (Å²) in [6.45, 7) is 5.47. The molecule has 0 saturated heterocycles. The van der Waals surface area contributed by atoms with Crippen LogP contribution in [0.4, 0.5) is 0 Å². The fourth-order valence-electron chi connectivity index (χ4n) is 3.37. The summed E-state index contributed by atoms with van der Waals surface area (Å²) in [6, 6.07) is 4.53. The van der Waals surface area contributed by atoms with Crippen molar-refractivity contribution in [2.75, 3.05) is 6.54 Å². The Morgan fingerprint density at radius 3 is 1.81 bits per heavy atom. The average Bonchev–Trinajstić information content (AvgIpc) is 2.55. The van der Waals surface area contributed by atoms with E-state index < -0.39 is 43.2 Å². The Morgan fingerprint density at radius 2 is 1.48 bits per heavy atom. The van der Waals surface area contributed by atoms with Crippen molar-refractivity contribution in [1.82, 2.24) is 4.31 Å². The lowest BCUT2D eigenvalue weighted by atomic mass is 10.0. The Balaban J connectivity index is 3.93. The van der Waals surface area contributed by atoms with Crippen LogP contribution >= 0.6 is 15.2 Å². The highest BCUT2D eigenvalue weighted by molar-refractivity contribution is 7.90. The third-order valence-electron chi connectivity index (χ3n) is 4.63. The Kier molecular flexibility index (Phi) is 7.64. The first-order valence-electron chi connectivity index (χ1n) is 8.51. The van der Waals surface area contributed by atoms with Crippen LogP contribution in [0.1, 0.15) is 45.2 Å². The smallest absolute Gasteiger partial charge is 0.323 e. The molecule has 4 N–H and O–H groups in total. The summed E-state index contributed by atoms with van der Waals surface area (Å²) in [6.07, 6.45) is 0.110. The van der Waals surface area contributed by atoms with Gasteiger partial charge in [0.1, 0.15) is 0 Å². The molecule has 0 aromatic heterocycles. The van der Waals surface area contributed by atoms with Gasteiger partial charge in [-0.1, -0.05) is 39.8 Å². The molecule has 27 heavy (non-hydrogen) atoms.